The molecular formula is C23H30N6O5S. The molecule has 0 aliphatic heterocycles. The van der Waals surface area contributed by atoms with Gasteiger partial charge in [0.1, 0.15) is 34.4 Å². The fourth-order valence-corrected chi connectivity index (χ4v) is 5.20. The molecule has 1 aromatic carbocycles. The van der Waals surface area contributed by atoms with Crippen molar-refractivity contribution in [3.63, 3.8) is 0 Å². The fourth-order valence-electron chi connectivity index (χ4n) is 4.05. The van der Waals surface area contributed by atoms with Gasteiger partial charge in [0.25, 0.3) is 0 Å². The highest BCUT2D eigenvalue weighted by Crippen LogP contribution is 2.42. The van der Waals surface area contributed by atoms with Crippen molar-refractivity contribution in [2.45, 2.75) is 50.4 Å². The molecule has 2 atom stereocenters. The predicted molar refractivity (Wildman–Crippen MR) is 130 cm³/mol. The van der Waals surface area contributed by atoms with E-state index in [1.54, 1.807) is 57.0 Å². The number of aromatic nitrogens is 5. The average molecular weight is 503 g/mol. The van der Waals surface area contributed by atoms with Gasteiger partial charge in [-0.1, -0.05) is 12.5 Å². The number of sulfonamides is 1. The van der Waals surface area contributed by atoms with Crippen LogP contribution in [-0.4, -0.2) is 59.7 Å². The molecule has 1 aliphatic carbocycles. The number of aryl methyl sites for hydroxylation is 1. The lowest BCUT2D eigenvalue weighted by Gasteiger charge is -2.27. The van der Waals surface area contributed by atoms with Gasteiger partial charge in [0, 0.05) is 19.2 Å². The second-order valence-corrected chi connectivity index (χ2v) is 10.5. The maximum Gasteiger partial charge on any atom is 0.243 e. The van der Waals surface area contributed by atoms with E-state index >= 15 is 0 Å². The van der Waals surface area contributed by atoms with Crippen molar-refractivity contribution in [1.29, 1.82) is 0 Å². The number of nitrogens with zero attached hydrogens (tertiary/aromatic N) is 5. The molecule has 0 bridgehead atoms. The Labute approximate surface area is 204 Å². The molecule has 2 heterocycles. The van der Waals surface area contributed by atoms with Crippen LogP contribution in [0, 0.1) is 6.92 Å². The highest BCUT2D eigenvalue weighted by Gasteiger charge is 2.35. The van der Waals surface area contributed by atoms with Gasteiger partial charge in [-0.25, -0.2) is 8.42 Å². The minimum atomic E-state index is -4.00. The Kier molecular flexibility index (Phi) is 7.22. The highest BCUT2D eigenvalue weighted by molar-refractivity contribution is 7.93. The molecule has 1 aliphatic rings. The van der Waals surface area contributed by atoms with Crippen LogP contribution >= 0.6 is 0 Å². The summed E-state index contributed by atoms with van der Waals surface area (Å²) in [6, 6.07) is 5.35. The molecule has 188 valence electrons. The Balaban J connectivity index is 1.76. The van der Waals surface area contributed by atoms with Crippen molar-refractivity contribution in [3.8, 4) is 17.2 Å². The lowest BCUT2D eigenvalue weighted by molar-refractivity contribution is 0.0985. The first-order chi connectivity index (χ1) is 16.8. The Morgan fingerprint density at radius 1 is 1.06 bits per heavy atom. The van der Waals surface area contributed by atoms with Crippen molar-refractivity contribution < 1.29 is 22.6 Å². The summed E-state index contributed by atoms with van der Waals surface area (Å²) in [7, 11) is 0.528. The molecule has 35 heavy (non-hydrogen) atoms. The number of methoxy groups -OCH3 is 3. The second kappa shape index (κ2) is 10.2. The van der Waals surface area contributed by atoms with Crippen molar-refractivity contribution in [3.05, 3.63) is 47.8 Å². The topological polar surface area (TPSA) is 130 Å². The van der Waals surface area contributed by atoms with Crippen LogP contribution in [0.1, 0.15) is 55.4 Å². The smallest absolute Gasteiger partial charge is 0.243 e. The zero-order valence-electron chi connectivity index (χ0n) is 20.4. The standard InChI is InChI=1S/C23H30N6O5S/c1-14-12-25-17(13-24-14)21(34-5)15(2)35(30,31)28-23-27-26-22(16-8-6-9-16)29(23)20-18(32-3)10-7-11-19(20)33-4/h7,10-13,15-16,21H,6,8-9H2,1-5H3,(H,27,28). The van der Waals surface area contributed by atoms with E-state index in [9.17, 15) is 8.42 Å². The number of nitrogens with one attached hydrogen (secondary N) is 1. The molecule has 4 rings (SSSR count). The first kappa shape index (κ1) is 24.9. The second-order valence-electron chi connectivity index (χ2n) is 8.45. The fraction of sp³-hybridized carbons (Fsp3) is 0.478. The van der Waals surface area contributed by atoms with Crippen LogP contribution in [0.3, 0.4) is 0 Å². The normalized spacial score (nSPS) is 15.8. The third kappa shape index (κ3) is 4.80. The molecule has 1 N–H and O–H groups in total. The molecule has 11 nitrogen and oxygen atoms in total. The predicted octanol–water partition coefficient (Wildman–Crippen LogP) is 3.17. The molecule has 12 heteroatoms. The molecule has 3 aromatic rings. The average Bonchev–Trinajstić information content (AvgIpc) is 3.20. The van der Waals surface area contributed by atoms with E-state index in [1.165, 1.54) is 13.3 Å². The van der Waals surface area contributed by atoms with Gasteiger partial charge >= 0.3 is 0 Å². The molecule has 0 saturated heterocycles. The number of anilines is 1. The van der Waals surface area contributed by atoms with Crippen molar-refractivity contribution in [2.75, 3.05) is 26.1 Å². The number of benzene rings is 1. The number of rotatable bonds is 10. The summed E-state index contributed by atoms with van der Waals surface area (Å²) >= 11 is 0. The summed E-state index contributed by atoms with van der Waals surface area (Å²) in [6.07, 6.45) is 5.21. The van der Waals surface area contributed by atoms with Crippen LogP contribution in [0.2, 0.25) is 0 Å². The monoisotopic (exact) mass is 502 g/mol. The number of para-hydroxylation sites is 1. The molecule has 1 saturated carbocycles. The lowest BCUT2D eigenvalue weighted by atomic mass is 9.85. The van der Waals surface area contributed by atoms with Crippen molar-refractivity contribution in [2.24, 2.45) is 0 Å². The van der Waals surface area contributed by atoms with Gasteiger partial charge in [0.05, 0.1) is 31.8 Å². The van der Waals surface area contributed by atoms with E-state index in [-0.39, 0.29) is 11.9 Å². The van der Waals surface area contributed by atoms with Gasteiger partial charge in [0.2, 0.25) is 16.0 Å². The molecule has 0 amide bonds. The molecule has 2 unspecified atom stereocenters. The molecular weight excluding hydrogens is 472 g/mol. The summed E-state index contributed by atoms with van der Waals surface area (Å²) < 4.78 is 48.0. The largest absolute Gasteiger partial charge is 0.494 e. The summed E-state index contributed by atoms with van der Waals surface area (Å²) in [5, 5.41) is 7.58. The minimum absolute atomic E-state index is 0.0476. The minimum Gasteiger partial charge on any atom is -0.494 e. The first-order valence-corrected chi connectivity index (χ1v) is 12.8. The van der Waals surface area contributed by atoms with Gasteiger partial charge < -0.3 is 14.2 Å². The van der Waals surface area contributed by atoms with Crippen LogP contribution in [0.25, 0.3) is 5.69 Å². The molecule has 0 spiro atoms. The van der Waals surface area contributed by atoms with E-state index in [4.69, 9.17) is 14.2 Å². The Bertz CT molecular complexity index is 1250. The number of hydrogen-bond donors (Lipinski definition) is 1. The van der Waals surface area contributed by atoms with E-state index in [2.05, 4.69) is 24.9 Å². The van der Waals surface area contributed by atoms with Crippen LogP contribution in [-0.2, 0) is 14.8 Å². The van der Waals surface area contributed by atoms with Gasteiger partial charge in [-0.3, -0.25) is 19.3 Å². The van der Waals surface area contributed by atoms with E-state index in [0.29, 0.717) is 28.7 Å². The van der Waals surface area contributed by atoms with Crippen LogP contribution in [0.5, 0.6) is 11.5 Å². The maximum absolute atomic E-state index is 13.5. The maximum atomic E-state index is 13.5. The Morgan fingerprint density at radius 2 is 1.74 bits per heavy atom. The SMILES string of the molecule is COc1cccc(OC)c1-n1c(NS(=O)(=O)C(C)C(OC)c2cnc(C)cn2)nnc1C1CCC1. The van der Waals surface area contributed by atoms with Crippen LogP contribution < -0.4 is 14.2 Å². The third-order valence-electron chi connectivity index (χ3n) is 6.28. The molecule has 2 aromatic heterocycles. The zero-order valence-corrected chi connectivity index (χ0v) is 21.2. The quantitative estimate of drug-likeness (QED) is 0.444. The summed E-state index contributed by atoms with van der Waals surface area (Å²) in [5.74, 6) is 1.86. The van der Waals surface area contributed by atoms with Gasteiger partial charge in [0.15, 0.2) is 0 Å². The highest BCUT2D eigenvalue weighted by atomic mass is 32.2. The van der Waals surface area contributed by atoms with Gasteiger partial charge in [-0.2, -0.15) is 0 Å². The van der Waals surface area contributed by atoms with Gasteiger partial charge in [-0.15, -0.1) is 10.2 Å². The van der Waals surface area contributed by atoms with E-state index in [1.807, 2.05) is 0 Å². The summed E-state index contributed by atoms with van der Waals surface area (Å²) in [4.78, 5) is 8.52. The Morgan fingerprint density at radius 3 is 2.26 bits per heavy atom. The van der Waals surface area contributed by atoms with Crippen LogP contribution in [0.4, 0.5) is 5.95 Å². The summed E-state index contributed by atoms with van der Waals surface area (Å²) in [5.41, 5.74) is 1.67. The van der Waals surface area contributed by atoms with E-state index < -0.39 is 21.4 Å². The van der Waals surface area contributed by atoms with Crippen molar-refractivity contribution >= 4 is 16.0 Å². The lowest BCUT2D eigenvalue weighted by Crippen LogP contribution is -2.33. The molecule has 1 fully saturated rings. The number of ether oxygens (including phenoxy) is 3. The number of hydrogen-bond acceptors (Lipinski definition) is 9. The zero-order chi connectivity index (χ0) is 25.2. The first-order valence-electron chi connectivity index (χ1n) is 11.3. The Hall–Kier alpha value is -3.25. The van der Waals surface area contributed by atoms with Crippen molar-refractivity contribution in [1.82, 2.24) is 24.7 Å². The third-order valence-corrected chi connectivity index (χ3v) is 7.97. The van der Waals surface area contributed by atoms with E-state index in [0.717, 1.165) is 25.0 Å². The summed E-state index contributed by atoms with van der Waals surface area (Å²) in [6.45, 7) is 3.36. The van der Waals surface area contributed by atoms with Gasteiger partial charge in [-0.05, 0) is 38.8 Å². The van der Waals surface area contributed by atoms with Crippen LogP contribution in [0.15, 0.2) is 30.6 Å². The molecule has 0 radical (unpaired) electrons.